The summed E-state index contributed by atoms with van der Waals surface area (Å²) >= 11 is 0. The minimum atomic E-state index is 0.234. The highest BCUT2D eigenvalue weighted by Gasteiger charge is 2.37. The molecule has 0 amide bonds. The molecule has 0 N–H and O–H groups in total. The van der Waals surface area contributed by atoms with Gasteiger partial charge in [0.1, 0.15) is 0 Å². The summed E-state index contributed by atoms with van der Waals surface area (Å²) in [6, 6.07) is 10.1. The van der Waals surface area contributed by atoms with Gasteiger partial charge in [-0.3, -0.25) is 4.79 Å². The van der Waals surface area contributed by atoms with Crippen molar-refractivity contribution >= 4 is 21.8 Å². The second-order valence-electron chi connectivity index (χ2n) is 8.89. The summed E-state index contributed by atoms with van der Waals surface area (Å²) in [5.74, 6) is 0. The highest BCUT2D eigenvalue weighted by molar-refractivity contribution is 6.08. The van der Waals surface area contributed by atoms with E-state index in [1.807, 2.05) is 0 Å². The van der Waals surface area contributed by atoms with Crippen LogP contribution in [0.2, 0.25) is 0 Å². The molecule has 3 aliphatic heterocycles. The van der Waals surface area contributed by atoms with Gasteiger partial charge in [0.15, 0.2) is 0 Å². The first kappa shape index (κ1) is 15.9. The van der Waals surface area contributed by atoms with Gasteiger partial charge in [0, 0.05) is 41.8 Å². The number of rotatable bonds is 1. The molecule has 1 aromatic carbocycles. The third-order valence-corrected chi connectivity index (χ3v) is 7.55. The molecule has 0 spiro atoms. The van der Waals surface area contributed by atoms with E-state index in [-0.39, 0.29) is 5.56 Å². The fraction of sp³-hybridized carbons (Fsp3) is 0.522. The summed E-state index contributed by atoms with van der Waals surface area (Å²) in [6.45, 7) is 1.03. The summed E-state index contributed by atoms with van der Waals surface area (Å²) < 4.78 is 4.52. The predicted molar refractivity (Wildman–Crippen MR) is 109 cm³/mol. The summed E-state index contributed by atoms with van der Waals surface area (Å²) in [6.07, 6.45) is 10.6. The van der Waals surface area contributed by atoms with Crippen LogP contribution < -0.4 is 5.56 Å². The molecule has 140 valence electrons. The summed E-state index contributed by atoms with van der Waals surface area (Å²) in [5, 5.41) is 2.11. The molecule has 2 aromatic heterocycles. The second kappa shape index (κ2) is 5.71. The zero-order valence-corrected chi connectivity index (χ0v) is 16.0. The molecule has 2 bridgehead atoms. The lowest BCUT2D eigenvalue weighted by Crippen LogP contribution is -2.51. The molecular weight excluding hydrogens is 334 g/mol. The number of aryl methyl sites for hydroxylation is 2. The molecule has 0 radical (unpaired) electrons. The van der Waals surface area contributed by atoms with Crippen LogP contribution in [0.5, 0.6) is 0 Å². The van der Waals surface area contributed by atoms with Crippen LogP contribution in [-0.2, 0) is 13.0 Å². The van der Waals surface area contributed by atoms with Crippen molar-refractivity contribution in [2.75, 3.05) is 7.05 Å². The van der Waals surface area contributed by atoms with E-state index >= 15 is 0 Å². The van der Waals surface area contributed by atoms with Gasteiger partial charge in [0.25, 0.3) is 5.56 Å². The number of para-hydroxylation sites is 1. The van der Waals surface area contributed by atoms with Crippen molar-refractivity contribution in [2.24, 2.45) is 0 Å². The Balaban J connectivity index is 1.58. The topological polar surface area (TPSA) is 30.2 Å². The standard InChI is InChI=1S/C23H27N3O/c1-24-16-7-4-8-17(24)13-18(12-16)26-14-15-6-5-11-25-20-10-3-2-9-19(20)21(22(15)25)23(26)27/h2-3,9-10,14,16-18H,4-8,11-13H2,1H3/t16-,17+,18?. The molecule has 2 fully saturated rings. The van der Waals surface area contributed by atoms with Crippen LogP contribution in [0.4, 0.5) is 0 Å². The molecule has 3 aromatic rings. The Hall–Kier alpha value is -2.07. The van der Waals surface area contributed by atoms with E-state index in [1.54, 1.807) is 0 Å². The first-order valence-electron chi connectivity index (χ1n) is 10.6. The van der Waals surface area contributed by atoms with E-state index in [4.69, 9.17) is 0 Å². The predicted octanol–water partition coefficient (Wildman–Crippen LogP) is 4.09. The van der Waals surface area contributed by atoms with Crippen molar-refractivity contribution in [1.29, 1.82) is 0 Å². The van der Waals surface area contributed by atoms with Crippen LogP contribution in [0.15, 0.2) is 35.3 Å². The van der Waals surface area contributed by atoms with Crippen LogP contribution in [0.1, 0.15) is 50.1 Å². The van der Waals surface area contributed by atoms with Crippen LogP contribution in [0, 0.1) is 0 Å². The molecule has 0 saturated carbocycles. The Morgan fingerprint density at radius 2 is 1.78 bits per heavy atom. The van der Waals surface area contributed by atoms with E-state index < -0.39 is 0 Å². The summed E-state index contributed by atoms with van der Waals surface area (Å²) in [4.78, 5) is 16.3. The Labute approximate surface area is 159 Å². The number of nitrogens with zero attached hydrogens (tertiary/aromatic N) is 3. The summed E-state index contributed by atoms with van der Waals surface area (Å²) in [5.41, 5.74) is 4.04. The van der Waals surface area contributed by atoms with Crippen molar-refractivity contribution in [3.63, 3.8) is 0 Å². The highest BCUT2D eigenvalue weighted by atomic mass is 16.1. The van der Waals surface area contributed by atoms with Crippen molar-refractivity contribution < 1.29 is 0 Å². The van der Waals surface area contributed by atoms with Crippen LogP contribution in [0.25, 0.3) is 21.8 Å². The number of fused-ring (bicyclic) bond motifs is 5. The minimum absolute atomic E-state index is 0.234. The molecule has 4 nitrogen and oxygen atoms in total. The fourth-order valence-electron chi connectivity index (χ4n) is 6.20. The number of pyridine rings is 1. The quantitative estimate of drug-likeness (QED) is 0.653. The highest BCUT2D eigenvalue weighted by Crippen LogP contribution is 2.39. The number of benzene rings is 1. The van der Waals surface area contributed by atoms with Gasteiger partial charge in [-0.2, -0.15) is 0 Å². The summed E-state index contributed by atoms with van der Waals surface area (Å²) in [7, 11) is 2.29. The third kappa shape index (κ3) is 2.16. The van der Waals surface area contributed by atoms with Gasteiger partial charge in [0.05, 0.1) is 10.9 Å². The monoisotopic (exact) mass is 361 g/mol. The van der Waals surface area contributed by atoms with E-state index in [2.05, 4.69) is 51.5 Å². The van der Waals surface area contributed by atoms with Crippen LogP contribution in [-0.4, -0.2) is 33.2 Å². The molecule has 27 heavy (non-hydrogen) atoms. The largest absolute Gasteiger partial charge is 0.340 e. The lowest BCUT2D eigenvalue weighted by Gasteiger charge is -2.47. The normalized spacial score (nSPS) is 28.1. The van der Waals surface area contributed by atoms with E-state index in [1.165, 1.54) is 35.9 Å². The first-order valence-corrected chi connectivity index (χ1v) is 10.6. The van der Waals surface area contributed by atoms with Gasteiger partial charge >= 0.3 is 0 Å². The second-order valence-corrected chi connectivity index (χ2v) is 8.89. The maximum Gasteiger partial charge on any atom is 0.260 e. The maximum atomic E-state index is 13.7. The SMILES string of the molecule is CN1[C@@H]2CCC[C@H]1CC(n1cc3c4c(c1=O)c1ccccc1n4CCC3)C2. The van der Waals surface area contributed by atoms with Gasteiger partial charge in [-0.05, 0) is 57.2 Å². The average Bonchev–Trinajstić information content (AvgIpc) is 3.01. The Morgan fingerprint density at radius 3 is 2.59 bits per heavy atom. The Bertz CT molecular complexity index is 1090. The third-order valence-electron chi connectivity index (χ3n) is 7.55. The fourth-order valence-corrected chi connectivity index (χ4v) is 6.20. The van der Waals surface area contributed by atoms with E-state index in [9.17, 15) is 4.79 Å². The maximum absolute atomic E-state index is 13.7. The van der Waals surface area contributed by atoms with Crippen molar-refractivity contribution in [3.05, 3.63) is 46.4 Å². The Morgan fingerprint density at radius 1 is 1.00 bits per heavy atom. The Kier molecular flexibility index (Phi) is 3.37. The van der Waals surface area contributed by atoms with Gasteiger partial charge in [-0.15, -0.1) is 0 Å². The average molecular weight is 361 g/mol. The number of aromatic nitrogens is 2. The first-order chi connectivity index (χ1) is 13.2. The molecule has 2 saturated heterocycles. The van der Waals surface area contributed by atoms with Gasteiger partial charge in [0.2, 0.25) is 0 Å². The van der Waals surface area contributed by atoms with Crippen molar-refractivity contribution in [3.8, 4) is 0 Å². The van der Waals surface area contributed by atoms with Crippen LogP contribution >= 0.6 is 0 Å². The lowest BCUT2D eigenvalue weighted by molar-refractivity contribution is 0.0392. The molecule has 3 aliphatic rings. The molecule has 3 atom stereocenters. The number of hydrogen-bond donors (Lipinski definition) is 0. The van der Waals surface area contributed by atoms with E-state index in [0.29, 0.717) is 18.1 Å². The zero-order valence-electron chi connectivity index (χ0n) is 16.0. The van der Waals surface area contributed by atoms with Crippen molar-refractivity contribution in [1.82, 2.24) is 14.0 Å². The molecule has 6 rings (SSSR count). The zero-order chi connectivity index (χ0) is 18.1. The van der Waals surface area contributed by atoms with E-state index in [0.717, 1.165) is 43.0 Å². The molecule has 5 heterocycles. The molecule has 4 heteroatoms. The van der Waals surface area contributed by atoms with Crippen molar-refractivity contribution in [2.45, 2.75) is 69.6 Å². The van der Waals surface area contributed by atoms with Gasteiger partial charge < -0.3 is 14.0 Å². The van der Waals surface area contributed by atoms with Gasteiger partial charge in [-0.25, -0.2) is 0 Å². The lowest BCUT2D eigenvalue weighted by atomic mass is 9.82. The minimum Gasteiger partial charge on any atom is -0.340 e. The molecule has 0 aliphatic carbocycles. The smallest absolute Gasteiger partial charge is 0.260 e. The van der Waals surface area contributed by atoms with Gasteiger partial charge in [-0.1, -0.05) is 24.6 Å². The molecular formula is C23H27N3O. The molecule has 1 unspecified atom stereocenters. The number of piperidine rings is 2. The van der Waals surface area contributed by atoms with Crippen LogP contribution in [0.3, 0.4) is 0 Å². The number of hydrogen-bond acceptors (Lipinski definition) is 2.